The fraction of sp³-hybridized carbons (Fsp3) is 0.450. The van der Waals surface area contributed by atoms with Crippen LogP contribution in [0, 0.1) is 0 Å². The van der Waals surface area contributed by atoms with Crippen LogP contribution in [0.1, 0.15) is 45.6 Å². The van der Waals surface area contributed by atoms with Crippen molar-refractivity contribution in [2.24, 2.45) is 0 Å². The van der Waals surface area contributed by atoms with Crippen LogP contribution >= 0.6 is 0 Å². The molecular weight excluding hydrogens is 350 g/mol. The lowest BCUT2D eigenvalue weighted by molar-refractivity contribution is -0.143. The zero-order valence-electron chi connectivity index (χ0n) is 15.8. The number of hydrogen-bond acceptors (Lipinski definition) is 5. The number of benzene rings is 1. The first-order valence-electron chi connectivity index (χ1n) is 9.12. The van der Waals surface area contributed by atoms with Crippen molar-refractivity contribution in [2.75, 3.05) is 0 Å². The van der Waals surface area contributed by atoms with Crippen molar-refractivity contribution in [1.82, 2.24) is 5.32 Å². The molecule has 7 heteroatoms. The minimum Gasteiger partial charge on any atom is -0.481 e. The number of aryl methyl sites for hydroxylation is 1. The van der Waals surface area contributed by atoms with Gasteiger partial charge in [-0.3, -0.25) is 4.79 Å². The Balaban J connectivity index is 2.12. The van der Waals surface area contributed by atoms with Crippen molar-refractivity contribution in [3.05, 3.63) is 40.2 Å². The van der Waals surface area contributed by atoms with Crippen molar-refractivity contribution < 1.29 is 23.8 Å². The number of carboxylic acid groups (broad SMARTS) is 1. The molecule has 0 saturated heterocycles. The summed E-state index contributed by atoms with van der Waals surface area (Å²) in [4.78, 5) is 35.2. The van der Waals surface area contributed by atoms with E-state index in [1.165, 1.54) is 13.0 Å². The first-order chi connectivity index (χ1) is 12.8. The van der Waals surface area contributed by atoms with Gasteiger partial charge in [-0.2, -0.15) is 0 Å². The number of carbonyl (C=O) groups excluding carboxylic acids is 1. The van der Waals surface area contributed by atoms with Gasteiger partial charge in [-0.1, -0.05) is 26.7 Å². The van der Waals surface area contributed by atoms with Crippen molar-refractivity contribution in [1.29, 1.82) is 0 Å². The van der Waals surface area contributed by atoms with Gasteiger partial charge in [0, 0.05) is 17.5 Å². The molecule has 1 amide bonds. The van der Waals surface area contributed by atoms with E-state index in [1.54, 1.807) is 18.2 Å². The molecule has 2 atom stereocenters. The number of carboxylic acids is 1. The number of carbonyl (C=O) groups is 2. The summed E-state index contributed by atoms with van der Waals surface area (Å²) in [5.74, 6) is -1.21. The Morgan fingerprint density at radius 3 is 2.63 bits per heavy atom. The second kappa shape index (κ2) is 9.21. The summed E-state index contributed by atoms with van der Waals surface area (Å²) in [5, 5.41) is 12.5. The van der Waals surface area contributed by atoms with Gasteiger partial charge < -0.3 is 19.6 Å². The van der Waals surface area contributed by atoms with Crippen LogP contribution in [-0.2, 0) is 16.0 Å². The highest BCUT2D eigenvalue weighted by Crippen LogP contribution is 2.23. The Kier molecular flexibility index (Phi) is 6.98. The molecule has 0 spiro atoms. The first-order valence-corrected chi connectivity index (χ1v) is 9.12. The highest BCUT2D eigenvalue weighted by Gasteiger charge is 2.23. The van der Waals surface area contributed by atoms with Gasteiger partial charge in [0.25, 0.3) is 5.91 Å². The van der Waals surface area contributed by atoms with Crippen LogP contribution in [0.4, 0.5) is 0 Å². The summed E-state index contributed by atoms with van der Waals surface area (Å²) < 4.78 is 10.8. The fourth-order valence-electron chi connectivity index (χ4n) is 2.79. The van der Waals surface area contributed by atoms with Crippen LogP contribution in [0.15, 0.2) is 33.5 Å². The van der Waals surface area contributed by atoms with E-state index in [-0.39, 0.29) is 0 Å². The third-order valence-corrected chi connectivity index (χ3v) is 4.33. The van der Waals surface area contributed by atoms with Crippen molar-refractivity contribution in [3.8, 4) is 5.75 Å². The Labute approximate surface area is 157 Å². The maximum absolute atomic E-state index is 12.3. The molecule has 0 unspecified atom stereocenters. The molecule has 0 saturated carbocycles. The fourth-order valence-corrected chi connectivity index (χ4v) is 2.79. The van der Waals surface area contributed by atoms with Gasteiger partial charge in [-0.25, -0.2) is 9.59 Å². The number of unbranched alkanes of at least 4 members (excludes halogenated alkanes) is 1. The van der Waals surface area contributed by atoms with Crippen LogP contribution in [0.3, 0.4) is 0 Å². The molecule has 1 heterocycles. The van der Waals surface area contributed by atoms with Gasteiger partial charge in [0.15, 0.2) is 6.10 Å². The summed E-state index contributed by atoms with van der Waals surface area (Å²) in [6, 6.07) is 5.55. The molecule has 2 rings (SSSR count). The van der Waals surface area contributed by atoms with Crippen LogP contribution in [0.5, 0.6) is 5.75 Å². The third kappa shape index (κ3) is 5.32. The molecule has 7 nitrogen and oxygen atoms in total. The van der Waals surface area contributed by atoms with E-state index in [2.05, 4.69) is 5.32 Å². The molecular formula is C20H25NO6. The molecule has 0 aliphatic carbocycles. The van der Waals surface area contributed by atoms with E-state index < -0.39 is 29.6 Å². The van der Waals surface area contributed by atoms with Crippen LogP contribution < -0.4 is 15.7 Å². The summed E-state index contributed by atoms with van der Waals surface area (Å²) in [5.41, 5.74) is 0.817. The van der Waals surface area contributed by atoms with Crippen LogP contribution in [-0.4, -0.2) is 29.1 Å². The van der Waals surface area contributed by atoms with Gasteiger partial charge in [0.2, 0.25) is 0 Å². The van der Waals surface area contributed by atoms with E-state index in [4.69, 9.17) is 9.15 Å². The molecule has 0 aliphatic heterocycles. The Hall–Kier alpha value is -2.83. The predicted molar refractivity (Wildman–Crippen MR) is 101 cm³/mol. The number of aliphatic carboxylic acids is 1. The lowest BCUT2D eigenvalue weighted by atomic mass is 10.1. The third-order valence-electron chi connectivity index (χ3n) is 4.33. The van der Waals surface area contributed by atoms with Crippen molar-refractivity contribution >= 4 is 22.8 Å². The molecule has 0 aliphatic rings. The van der Waals surface area contributed by atoms with E-state index in [1.807, 2.05) is 13.8 Å². The van der Waals surface area contributed by atoms with Gasteiger partial charge in [0.05, 0.1) is 0 Å². The summed E-state index contributed by atoms with van der Waals surface area (Å²) >= 11 is 0. The second-order valence-electron chi connectivity index (χ2n) is 6.40. The molecule has 27 heavy (non-hydrogen) atoms. The summed E-state index contributed by atoms with van der Waals surface area (Å²) in [7, 11) is 0. The minimum atomic E-state index is -1.07. The monoisotopic (exact) mass is 375 g/mol. The number of ether oxygens (including phenoxy) is 1. The van der Waals surface area contributed by atoms with E-state index >= 15 is 0 Å². The number of rotatable bonds is 9. The van der Waals surface area contributed by atoms with Gasteiger partial charge in [-0.15, -0.1) is 0 Å². The molecule has 1 aromatic heterocycles. The van der Waals surface area contributed by atoms with Crippen molar-refractivity contribution in [3.63, 3.8) is 0 Å². The molecule has 0 radical (unpaired) electrons. The lowest BCUT2D eigenvalue weighted by Crippen LogP contribution is -2.46. The maximum atomic E-state index is 12.3. The normalized spacial score (nSPS) is 13.1. The highest BCUT2D eigenvalue weighted by atomic mass is 16.5. The largest absolute Gasteiger partial charge is 0.481 e. The number of amides is 1. The van der Waals surface area contributed by atoms with Gasteiger partial charge in [0.1, 0.15) is 17.4 Å². The predicted octanol–water partition coefficient (Wildman–Crippen LogP) is 2.88. The quantitative estimate of drug-likeness (QED) is 0.653. The second-order valence-corrected chi connectivity index (χ2v) is 6.40. The van der Waals surface area contributed by atoms with Gasteiger partial charge >= 0.3 is 11.6 Å². The number of fused-ring (bicyclic) bond motifs is 1. The zero-order valence-corrected chi connectivity index (χ0v) is 15.8. The maximum Gasteiger partial charge on any atom is 0.336 e. The van der Waals surface area contributed by atoms with Gasteiger partial charge in [-0.05, 0) is 37.5 Å². The SMILES string of the molecule is CCCC[C@H](NC(=O)[C@@H](C)Oc1ccc2c(CC)cc(=O)oc2c1)C(=O)O. The molecule has 2 aromatic rings. The van der Waals surface area contributed by atoms with E-state index in [0.717, 1.165) is 17.4 Å². The minimum absolute atomic E-state index is 0.363. The first kappa shape index (κ1) is 20.5. The lowest BCUT2D eigenvalue weighted by Gasteiger charge is -2.19. The molecule has 146 valence electrons. The average Bonchev–Trinajstić information content (AvgIpc) is 2.63. The molecule has 2 N–H and O–H groups in total. The van der Waals surface area contributed by atoms with Crippen LogP contribution in [0.2, 0.25) is 0 Å². The number of nitrogens with one attached hydrogen (secondary N) is 1. The zero-order chi connectivity index (χ0) is 20.0. The highest BCUT2D eigenvalue weighted by molar-refractivity contribution is 5.86. The Bertz CT molecular complexity index is 872. The van der Waals surface area contributed by atoms with Crippen molar-refractivity contribution in [2.45, 2.75) is 58.6 Å². The average molecular weight is 375 g/mol. The summed E-state index contributed by atoms with van der Waals surface area (Å²) in [6.45, 7) is 5.44. The number of hydrogen-bond donors (Lipinski definition) is 2. The molecule has 0 bridgehead atoms. The summed E-state index contributed by atoms with van der Waals surface area (Å²) in [6.07, 6.45) is 1.71. The van der Waals surface area contributed by atoms with E-state index in [9.17, 15) is 19.5 Å². The smallest absolute Gasteiger partial charge is 0.336 e. The topological polar surface area (TPSA) is 106 Å². The Morgan fingerprint density at radius 1 is 1.26 bits per heavy atom. The molecule has 1 aromatic carbocycles. The standard InChI is InChI=1S/C20H25NO6/c1-4-6-7-16(20(24)25)21-19(23)12(3)26-14-8-9-15-13(5-2)10-18(22)27-17(15)11-14/h8-12,16H,4-7H2,1-3H3,(H,21,23)(H,24,25)/t12-,16+/m1/s1. The Morgan fingerprint density at radius 2 is 2.00 bits per heavy atom. The van der Waals surface area contributed by atoms with Crippen LogP contribution in [0.25, 0.3) is 11.0 Å². The molecule has 0 fully saturated rings. The van der Waals surface area contributed by atoms with E-state index in [0.29, 0.717) is 30.6 Å².